The predicted molar refractivity (Wildman–Crippen MR) is 24.8 cm³/mol. The van der Waals surface area contributed by atoms with Crippen LogP contribution in [0.1, 0.15) is 0 Å². The molecule has 0 saturated carbocycles. The van der Waals surface area contributed by atoms with Gasteiger partial charge in [-0.15, -0.1) is 0 Å². The van der Waals surface area contributed by atoms with Crippen molar-refractivity contribution in [1.82, 2.24) is 0 Å². The fourth-order valence-corrected chi connectivity index (χ4v) is 0. The van der Waals surface area contributed by atoms with Gasteiger partial charge in [-0.1, -0.05) is 0 Å². The molecule has 0 aliphatic heterocycles. The first-order valence-electron chi connectivity index (χ1n) is 0.567. The number of hydrogen-bond donors (Lipinski definition) is 0. The van der Waals surface area contributed by atoms with Crippen molar-refractivity contribution in [3.05, 3.63) is 0 Å². The van der Waals surface area contributed by atoms with Gasteiger partial charge in [0, 0.05) is 0 Å². The van der Waals surface area contributed by atoms with Gasteiger partial charge in [0.25, 0.3) is 0 Å². The molecule has 0 radical (unpaired) electrons. The van der Waals surface area contributed by atoms with Gasteiger partial charge in [0.15, 0.2) is 0 Å². The molecule has 6 heavy (non-hydrogen) atoms. The van der Waals surface area contributed by atoms with Gasteiger partial charge < -0.3 is 11.0 Å². The molecule has 0 spiro atoms. The number of halogens is 3. The fraction of sp³-hybridized carbons (Fsp3) is 0. The van der Waals surface area contributed by atoms with E-state index in [2.05, 4.69) is 0 Å². The van der Waals surface area contributed by atoms with E-state index < -0.39 is 18.2 Å². The van der Waals surface area contributed by atoms with Crippen LogP contribution in [0, 0.1) is 0 Å². The third-order valence-corrected chi connectivity index (χ3v) is 0. The average molecular weight is 234 g/mol. The molecule has 4 N–H and O–H groups in total. The Morgan fingerprint density at radius 1 is 0.833 bits per heavy atom. The normalized spacial score (nSPS) is 4.50. The summed E-state index contributed by atoms with van der Waals surface area (Å²) in [5, 5.41) is 0. The van der Waals surface area contributed by atoms with E-state index in [9.17, 15) is 0 Å². The quantitative estimate of drug-likeness (QED) is 0.582. The summed E-state index contributed by atoms with van der Waals surface area (Å²) in [6, 6.07) is 0. The van der Waals surface area contributed by atoms with Crippen molar-refractivity contribution in [3.8, 4) is 0 Å². The van der Waals surface area contributed by atoms with Crippen molar-refractivity contribution >= 4 is 25.5 Å². The van der Waals surface area contributed by atoms with Crippen molar-refractivity contribution < 1.29 is 29.1 Å². The van der Waals surface area contributed by atoms with Crippen LogP contribution >= 0.6 is 25.5 Å². The van der Waals surface area contributed by atoms with E-state index in [4.69, 9.17) is 25.5 Å². The van der Waals surface area contributed by atoms with E-state index in [1.54, 1.807) is 0 Å². The first kappa shape index (κ1) is 15.6. The number of hydrogen-bond acceptors (Lipinski definition) is 0. The van der Waals surface area contributed by atoms with Crippen LogP contribution in [0.5, 0.6) is 0 Å². The molecular weight excluding hydrogens is 230 g/mol. The summed E-state index contributed by atoms with van der Waals surface area (Å²) >= 11 is -2.13. The molecule has 0 aliphatic carbocycles. The summed E-state index contributed by atoms with van der Waals surface area (Å²) in [5.74, 6) is 0. The van der Waals surface area contributed by atoms with Crippen molar-refractivity contribution in [2.24, 2.45) is 0 Å². The third kappa shape index (κ3) is 44.3. The molecule has 0 rings (SSSR count). The molecule has 0 saturated heterocycles. The number of rotatable bonds is 0. The van der Waals surface area contributed by atoms with Gasteiger partial charge in [0.2, 0.25) is 0 Å². The first-order chi connectivity index (χ1) is 1.73. The van der Waals surface area contributed by atoms with E-state index in [0.717, 1.165) is 0 Å². The summed E-state index contributed by atoms with van der Waals surface area (Å²) in [4.78, 5) is 0. The Hall–Kier alpha value is 1.67. The Morgan fingerprint density at radius 2 is 0.833 bits per heavy atom. The van der Waals surface area contributed by atoms with Crippen LogP contribution in [0.2, 0.25) is 0 Å². The summed E-state index contributed by atoms with van der Waals surface area (Å²) in [6.07, 6.45) is 0. The van der Waals surface area contributed by atoms with Gasteiger partial charge in [-0.2, -0.15) is 0 Å². The second-order valence-corrected chi connectivity index (χ2v) is 11.4. The van der Waals surface area contributed by atoms with Crippen LogP contribution in [0.25, 0.3) is 0 Å². The Bertz CT molecular complexity index is 13.5. The topological polar surface area (TPSA) is 63.0 Å². The van der Waals surface area contributed by atoms with Crippen LogP contribution < -0.4 is 0 Å². The summed E-state index contributed by atoms with van der Waals surface area (Å²) in [7, 11) is 15.0. The van der Waals surface area contributed by atoms with Gasteiger partial charge in [0.05, 0.1) is 0 Å². The van der Waals surface area contributed by atoms with Gasteiger partial charge in [-0.3, -0.25) is 0 Å². The van der Waals surface area contributed by atoms with E-state index in [0.29, 0.717) is 0 Å². The van der Waals surface area contributed by atoms with Crippen LogP contribution in [0.15, 0.2) is 0 Å². The van der Waals surface area contributed by atoms with Crippen LogP contribution in [-0.2, 0) is 18.2 Å². The van der Waals surface area contributed by atoms with E-state index in [1.165, 1.54) is 0 Å². The molecule has 0 atom stereocenters. The van der Waals surface area contributed by atoms with Crippen LogP contribution in [-0.4, -0.2) is 11.0 Å². The summed E-state index contributed by atoms with van der Waals surface area (Å²) < 4.78 is 0. The Morgan fingerprint density at radius 3 is 0.833 bits per heavy atom. The van der Waals surface area contributed by atoms with Crippen molar-refractivity contribution in [3.63, 3.8) is 0 Å². The fourth-order valence-electron chi connectivity index (χ4n) is 0. The van der Waals surface area contributed by atoms with Crippen LogP contribution in [0.4, 0.5) is 0 Å². The SMILES string of the molecule is O.O.[Cl][Zr]([Cl])[Cl]. The van der Waals surface area contributed by atoms with Crippen LogP contribution in [0.3, 0.4) is 0 Å². The molecule has 0 unspecified atom stereocenters. The molecule has 0 aliphatic rings. The summed E-state index contributed by atoms with van der Waals surface area (Å²) in [6.45, 7) is 0. The molecule has 41 valence electrons. The molecule has 0 amide bonds. The molecule has 0 aromatic rings. The Kier molecular flexibility index (Phi) is 25.6. The average Bonchev–Trinajstić information content (AvgIpc) is 0.811. The molecule has 0 fully saturated rings. The molecule has 2 nitrogen and oxygen atoms in total. The van der Waals surface area contributed by atoms with Crippen molar-refractivity contribution in [1.29, 1.82) is 0 Å². The Labute approximate surface area is 54.3 Å². The second-order valence-electron chi connectivity index (χ2n) is 0.214. The maximum absolute atomic E-state index is 5.00. The molecule has 0 bridgehead atoms. The minimum absolute atomic E-state index is 0. The standard InChI is InChI=1S/3ClH.2H2O.Zr/h3*1H;2*1H2;/q;;;;;+3/p-3. The molecule has 0 heterocycles. The monoisotopic (exact) mass is 231 g/mol. The zero-order chi connectivity index (χ0) is 3.58. The van der Waals surface area contributed by atoms with E-state index in [1.807, 2.05) is 0 Å². The first-order valence-corrected chi connectivity index (χ1v) is 10.1. The zero-order valence-corrected chi connectivity index (χ0v) is 7.36. The zero-order valence-electron chi connectivity index (χ0n) is 2.63. The van der Waals surface area contributed by atoms with E-state index in [-0.39, 0.29) is 11.0 Å². The predicted octanol–water partition coefficient (Wildman–Crippen LogP) is 0.417. The third-order valence-electron chi connectivity index (χ3n) is 0. The van der Waals surface area contributed by atoms with Gasteiger partial charge in [-0.05, 0) is 0 Å². The minimum atomic E-state index is -2.13. The maximum atomic E-state index is 5.00. The summed E-state index contributed by atoms with van der Waals surface area (Å²) in [5.41, 5.74) is 0. The Balaban J connectivity index is -0.0000000450. The molecule has 0 aromatic carbocycles. The van der Waals surface area contributed by atoms with E-state index >= 15 is 0 Å². The van der Waals surface area contributed by atoms with Gasteiger partial charge >= 0.3 is 43.7 Å². The van der Waals surface area contributed by atoms with Crippen molar-refractivity contribution in [2.45, 2.75) is 0 Å². The molecular formula is H4Cl3O2Zr. The van der Waals surface area contributed by atoms with Gasteiger partial charge in [-0.25, -0.2) is 0 Å². The molecule has 0 aromatic heterocycles. The molecule has 6 heteroatoms. The second kappa shape index (κ2) is 9.83. The van der Waals surface area contributed by atoms with Crippen molar-refractivity contribution in [2.75, 3.05) is 0 Å². The van der Waals surface area contributed by atoms with Gasteiger partial charge in [0.1, 0.15) is 0 Å².